The van der Waals surface area contributed by atoms with Gasteiger partial charge in [0.15, 0.2) is 10.1 Å². The quantitative estimate of drug-likeness (QED) is 0.679. The predicted octanol–water partition coefficient (Wildman–Crippen LogP) is 2.86. The van der Waals surface area contributed by atoms with Gasteiger partial charge in [0.1, 0.15) is 5.51 Å². The fourth-order valence-electron chi connectivity index (χ4n) is 1.45. The molecule has 2 aromatic rings. The highest BCUT2D eigenvalue weighted by atomic mass is 32.2. The Morgan fingerprint density at radius 2 is 2.00 bits per heavy atom. The summed E-state index contributed by atoms with van der Waals surface area (Å²) < 4.78 is 0.763. The minimum Gasteiger partial charge on any atom is -0.325 e. The van der Waals surface area contributed by atoms with Crippen molar-refractivity contribution in [3.8, 4) is 0 Å². The van der Waals surface area contributed by atoms with E-state index in [1.165, 1.54) is 30.0 Å². The molecule has 7 heteroatoms. The molecular formula is C13H13N3O2S2. The van der Waals surface area contributed by atoms with Crippen molar-refractivity contribution in [3.05, 3.63) is 35.3 Å². The van der Waals surface area contributed by atoms with Gasteiger partial charge in [-0.25, -0.2) is 0 Å². The Labute approximate surface area is 124 Å². The number of amides is 1. The molecule has 0 saturated heterocycles. The first-order chi connectivity index (χ1) is 9.56. The van der Waals surface area contributed by atoms with E-state index in [9.17, 15) is 9.59 Å². The van der Waals surface area contributed by atoms with Crippen molar-refractivity contribution in [3.63, 3.8) is 0 Å². The second kappa shape index (κ2) is 6.62. The first kappa shape index (κ1) is 14.7. The van der Waals surface area contributed by atoms with Gasteiger partial charge in [-0.15, -0.1) is 10.2 Å². The Morgan fingerprint density at radius 3 is 2.55 bits per heavy atom. The molecule has 0 radical (unpaired) electrons. The lowest BCUT2D eigenvalue weighted by Gasteiger charge is -2.10. The van der Waals surface area contributed by atoms with E-state index in [0.29, 0.717) is 11.3 Å². The maximum atomic E-state index is 12.0. The van der Waals surface area contributed by atoms with Gasteiger partial charge in [0, 0.05) is 11.3 Å². The normalized spacial score (nSPS) is 11.9. The van der Waals surface area contributed by atoms with Gasteiger partial charge in [0.2, 0.25) is 5.91 Å². The van der Waals surface area contributed by atoms with Gasteiger partial charge < -0.3 is 5.32 Å². The molecule has 1 aromatic heterocycles. The van der Waals surface area contributed by atoms with Crippen molar-refractivity contribution in [1.29, 1.82) is 0 Å². The second-order valence-corrected chi connectivity index (χ2v) is 6.51. The first-order valence-corrected chi connectivity index (χ1v) is 7.67. The predicted molar refractivity (Wildman–Crippen MR) is 80.3 cm³/mol. The summed E-state index contributed by atoms with van der Waals surface area (Å²) in [7, 11) is 0. The molecule has 1 amide bonds. The second-order valence-electron chi connectivity index (χ2n) is 4.09. The van der Waals surface area contributed by atoms with Crippen molar-refractivity contribution in [2.75, 3.05) is 5.32 Å². The Hall–Kier alpha value is -1.73. The van der Waals surface area contributed by atoms with Gasteiger partial charge in [-0.1, -0.05) is 23.1 Å². The fourth-order valence-corrected chi connectivity index (χ4v) is 3.08. The number of Topliss-reactive ketones (excluding diaryl/α,β-unsaturated/α-hetero) is 1. The standard InChI is InChI=1S/C13H13N3O2S2/c1-8(17)10-3-5-11(6-4-10)15-12(18)9(2)20-13-16-14-7-19-13/h3-7,9H,1-2H3,(H,15,18)/t9-/m0/s1. The van der Waals surface area contributed by atoms with Crippen LogP contribution in [-0.2, 0) is 4.79 Å². The van der Waals surface area contributed by atoms with Crippen molar-refractivity contribution in [1.82, 2.24) is 10.2 Å². The fraction of sp³-hybridized carbons (Fsp3) is 0.231. The molecule has 5 nitrogen and oxygen atoms in total. The van der Waals surface area contributed by atoms with Gasteiger partial charge >= 0.3 is 0 Å². The van der Waals surface area contributed by atoms with E-state index in [2.05, 4.69) is 15.5 Å². The summed E-state index contributed by atoms with van der Waals surface area (Å²) >= 11 is 2.77. The maximum Gasteiger partial charge on any atom is 0.237 e. The molecule has 1 heterocycles. The lowest BCUT2D eigenvalue weighted by atomic mass is 10.1. The van der Waals surface area contributed by atoms with Crippen LogP contribution in [0.4, 0.5) is 5.69 Å². The summed E-state index contributed by atoms with van der Waals surface area (Å²) in [4.78, 5) is 23.2. The molecular weight excluding hydrogens is 294 g/mol. The molecule has 2 rings (SSSR count). The monoisotopic (exact) mass is 307 g/mol. The largest absolute Gasteiger partial charge is 0.325 e. The number of anilines is 1. The molecule has 1 N–H and O–H groups in total. The zero-order valence-electron chi connectivity index (χ0n) is 11.0. The summed E-state index contributed by atoms with van der Waals surface area (Å²) in [6, 6.07) is 6.83. The number of benzene rings is 1. The number of ketones is 1. The van der Waals surface area contributed by atoms with Crippen LogP contribution in [0.2, 0.25) is 0 Å². The van der Waals surface area contributed by atoms with Crippen molar-refractivity contribution in [2.45, 2.75) is 23.4 Å². The van der Waals surface area contributed by atoms with Crippen LogP contribution in [0.15, 0.2) is 34.1 Å². The van der Waals surface area contributed by atoms with Crippen LogP contribution in [0, 0.1) is 0 Å². The zero-order valence-corrected chi connectivity index (χ0v) is 12.6. The average molecular weight is 307 g/mol. The van der Waals surface area contributed by atoms with Gasteiger partial charge in [-0.3, -0.25) is 9.59 Å². The van der Waals surface area contributed by atoms with E-state index in [4.69, 9.17) is 0 Å². The smallest absolute Gasteiger partial charge is 0.237 e. The molecule has 1 atom stereocenters. The Morgan fingerprint density at radius 1 is 1.30 bits per heavy atom. The minimum atomic E-state index is -0.268. The number of thioether (sulfide) groups is 1. The highest BCUT2D eigenvalue weighted by Gasteiger charge is 2.16. The van der Waals surface area contributed by atoms with E-state index >= 15 is 0 Å². The molecule has 20 heavy (non-hydrogen) atoms. The van der Waals surface area contributed by atoms with Crippen LogP contribution >= 0.6 is 23.1 Å². The molecule has 0 bridgehead atoms. The molecule has 0 saturated carbocycles. The highest BCUT2D eigenvalue weighted by Crippen LogP contribution is 2.25. The molecule has 0 aliphatic carbocycles. The van der Waals surface area contributed by atoms with Gasteiger partial charge in [-0.2, -0.15) is 0 Å². The molecule has 104 valence electrons. The molecule has 0 aliphatic rings. The number of aromatic nitrogens is 2. The average Bonchev–Trinajstić information content (AvgIpc) is 2.92. The molecule has 0 unspecified atom stereocenters. The lowest BCUT2D eigenvalue weighted by Crippen LogP contribution is -2.22. The van der Waals surface area contributed by atoms with Crippen LogP contribution in [0.3, 0.4) is 0 Å². The zero-order chi connectivity index (χ0) is 14.5. The first-order valence-electron chi connectivity index (χ1n) is 5.91. The van der Waals surface area contributed by atoms with E-state index < -0.39 is 0 Å². The number of rotatable bonds is 5. The highest BCUT2D eigenvalue weighted by molar-refractivity contribution is 8.02. The number of hydrogen-bond donors (Lipinski definition) is 1. The number of carbonyl (C=O) groups excluding carboxylic acids is 2. The van der Waals surface area contributed by atoms with Gasteiger partial charge in [0.05, 0.1) is 5.25 Å². The van der Waals surface area contributed by atoms with Crippen LogP contribution in [0.25, 0.3) is 0 Å². The molecule has 0 aliphatic heterocycles. The van der Waals surface area contributed by atoms with Crippen LogP contribution in [0.1, 0.15) is 24.2 Å². The summed E-state index contributed by atoms with van der Waals surface area (Å²) in [5.41, 5.74) is 2.93. The Kier molecular flexibility index (Phi) is 4.86. The van der Waals surface area contributed by atoms with Crippen LogP contribution in [0.5, 0.6) is 0 Å². The summed E-state index contributed by atoms with van der Waals surface area (Å²) in [6.07, 6.45) is 0. The minimum absolute atomic E-state index is 0.00284. The van der Waals surface area contributed by atoms with Crippen LogP contribution < -0.4 is 5.32 Å². The van der Waals surface area contributed by atoms with E-state index in [1.54, 1.807) is 29.8 Å². The van der Waals surface area contributed by atoms with Crippen molar-refractivity contribution >= 4 is 40.5 Å². The summed E-state index contributed by atoms with van der Waals surface area (Å²) in [6.45, 7) is 3.32. The SMILES string of the molecule is CC(=O)c1ccc(NC(=O)[C@H](C)Sc2nncs2)cc1. The van der Waals surface area contributed by atoms with E-state index in [0.717, 1.165) is 4.34 Å². The van der Waals surface area contributed by atoms with E-state index in [1.807, 2.05) is 6.92 Å². The van der Waals surface area contributed by atoms with Gasteiger partial charge in [-0.05, 0) is 38.1 Å². The number of nitrogens with zero attached hydrogens (tertiary/aromatic N) is 2. The summed E-state index contributed by atoms with van der Waals surface area (Å²) in [5, 5.41) is 10.2. The lowest BCUT2D eigenvalue weighted by molar-refractivity contribution is -0.115. The number of carbonyl (C=O) groups is 2. The maximum absolute atomic E-state index is 12.0. The molecule has 0 spiro atoms. The van der Waals surface area contributed by atoms with Crippen molar-refractivity contribution in [2.24, 2.45) is 0 Å². The molecule has 0 fully saturated rings. The van der Waals surface area contributed by atoms with Gasteiger partial charge in [0.25, 0.3) is 0 Å². The van der Waals surface area contributed by atoms with E-state index in [-0.39, 0.29) is 16.9 Å². The summed E-state index contributed by atoms with van der Waals surface area (Å²) in [5.74, 6) is -0.108. The Bertz CT molecular complexity index is 597. The topological polar surface area (TPSA) is 72.0 Å². The Balaban J connectivity index is 1.95. The van der Waals surface area contributed by atoms with Crippen LogP contribution in [-0.4, -0.2) is 27.1 Å². The third-order valence-electron chi connectivity index (χ3n) is 2.55. The number of hydrogen-bond acceptors (Lipinski definition) is 6. The third-order valence-corrected chi connectivity index (χ3v) is 4.46. The van der Waals surface area contributed by atoms with Crippen molar-refractivity contribution < 1.29 is 9.59 Å². The molecule has 1 aromatic carbocycles. The number of nitrogens with one attached hydrogen (secondary N) is 1. The third kappa shape index (κ3) is 3.88.